The first-order valence-electron chi connectivity index (χ1n) is 11.8. The Balaban J connectivity index is 1.44. The van der Waals surface area contributed by atoms with Gasteiger partial charge in [0.2, 0.25) is 0 Å². The standard InChI is InChI=1S/C22H34FN9O/c1-5-25-19-26-9-16(23)22(24,27-19)18-15-12-32(21(3,4)17(15)28-29-18)20(33)31-11-14-7-6-8-30(14)10-13(31)2/h9,13-14H,5-8,10-12,24H2,1-4H3,(H,28,29)(H2,25,26,27)/t13-,14-,22?/m0/s1. The lowest BCUT2D eigenvalue weighted by molar-refractivity contribution is 0.0453. The van der Waals surface area contributed by atoms with Gasteiger partial charge in [0, 0.05) is 43.5 Å². The first-order chi connectivity index (χ1) is 15.7. The number of halogens is 1. The van der Waals surface area contributed by atoms with E-state index in [1.807, 2.05) is 30.6 Å². The van der Waals surface area contributed by atoms with E-state index < -0.39 is 17.0 Å². The zero-order valence-corrected chi connectivity index (χ0v) is 19.8. The number of fused-ring (bicyclic) bond motifs is 2. The normalized spacial score (nSPS) is 32.3. The Morgan fingerprint density at radius 1 is 1.39 bits per heavy atom. The van der Waals surface area contributed by atoms with Gasteiger partial charge in [-0.25, -0.2) is 9.18 Å². The molecule has 0 spiro atoms. The fourth-order valence-electron chi connectivity index (χ4n) is 5.70. The number of hydrogen-bond acceptors (Lipinski definition) is 5. The molecule has 0 aromatic carbocycles. The van der Waals surface area contributed by atoms with Gasteiger partial charge in [0.05, 0.1) is 17.8 Å². The molecule has 3 atom stereocenters. The Labute approximate surface area is 193 Å². The van der Waals surface area contributed by atoms with Crippen molar-refractivity contribution in [3.05, 3.63) is 29.0 Å². The Hall–Kier alpha value is -2.66. The van der Waals surface area contributed by atoms with Crippen molar-refractivity contribution in [1.82, 2.24) is 35.5 Å². The number of carbonyl (C=O) groups is 1. The SMILES string of the molecule is CCN=C1NC=C(F)C(N)(c2n[nH]c3c2CN(C(=O)N2C[C@@H]4CCCN4C[C@@H]2C)C3(C)C)N1. The number of carbonyl (C=O) groups excluding carboxylic acids is 1. The highest BCUT2D eigenvalue weighted by Crippen LogP contribution is 2.43. The average Bonchev–Trinajstić information content (AvgIpc) is 3.45. The van der Waals surface area contributed by atoms with Gasteiger partial charge in [-0.2, -0.15) is 5.10 Å². The molecule has 0 radical (unpaired) electrons. The average molecular weight is 460 g/mol. The van der Waals surface area contributed by atoms with Gasteiger partial charge in [0.25, 0.3) is 0 Å². The van der Waals surface area contributed by atoms with Crippen molar-refractivity contribution in [3.8, 4) is 0 Å². The molecule has 11 heteroatoms. The van der Waals surface area contributed by atoms with Crippen LogP contribution in [0.15, 0.2) is 17.0 Å². The molecule has 33 heavy (non-hydrogen) atoms. The van der Waals surface area contributed by atoms with Crippen molar-refractivity contribution >= 4 is 12.0 Å². The molecule has 4 aliphatic heterocycles. The van der Waals surface area contributed by atoms with E-state index in [-0.39, 0.29) is 12.1 Å². The van der Waals surface area contributed by atoms with E-state index in [1.165, 1.54) is 12.6 Å². The molecule has 2 amide bonds. The Morgan fingerprint density at radius 3 is 2.94 bits per heavy atom. The summed E-state index contributed by atoms with van der Waals surface area (Å²) < 4.78 is 15.0. The second kappa shape index (κ2) is 7.69. The topological polar surface area (TPSA) is 118 Å². The van der Waals surface area contributed by atoms with Gasteiger partial charge in [-0.05, 0) is 47.1 Å². The summed E-state index contributed by atoms with van der Waals surface area (Å²) in [7, 11) is 0. The second-order valence-electron chi connectivity index (χ2n) is 10.0. The third-order valence-electron chi connectivity index (χ3n) is 7.60. The maximum absolute atomic E-state index is 15.0. The summed E-state index contributed by atoms with van der Waals surface area (Å²) in [4.78, 5) is 24.4. The molecule has 4 aliphatic rings. The van der Waals surface area contributed by atoms with E-state index in [2.05, 4.69) is 37.6 Å². The Morgan fingerprint density at radius 2 is 2.18 bits per heavy atom. The summed E-state index contributed by atoms with van der Waals surface area (Å²) in [5.74, 6) is -0.216. The number of piperazine rings is 1. The van der Waals surface area contributed by atoms with E-state index in [4.69, 9.17) is 5.73 Å². The van der Waals surface area contributed by atoms with Gasteiger partial charge in [-0.3, -0.25) is 20.7 Å². The van der Waals surface area contributed by atoms with Crippen LogP contribution < -0.4 is 16.4 Å². The van der Waals surface area contributed by atoms with E-state index in [0.717, 1.165) is 37.3 Å². The second-order valence-corrected chi connectivity index (χ2v) is 10.0. The van der Waals surface area contributed by atoms with Gasteiger partial charge in [0.1, 0.15) is 5.69 Å². The van der Waals surface area contributed by atoms with Crippen LogP contribution in [0, 0.1) is 0 Å². The van der Waals surface area contributed by atoms with Crippen LogP contribution in [-0.4, -0.2) is 75.2 Å². The number of rotatable bonds is 2. The molecule has 1 unspecified atom stereocenters. The van der Waals surface area contributed by atoms with Crippen LogP contribution in [0.3, 0.4) is 0 Å². The van der Waals surface area contributed by atoms with Crippen LogP contribution in [-0.2, 0) is 17.7 Å². The molecule has 5 N–H and O–H groups in total. The molecule has 5 heterocycles. The number of nitrogens with two attached hydrogens (primary N) is 1. The third kappa shape index (κ3) is 3.31. The summed E-state index contributed by atoms with van der Waals surface area (Å²) in [6, 6.07) is 0.579. The third-order valence-corrected chi connectivity index (χ3v) is 7.60. The highest BCUT2D eigenvalue weighted by Gasteiger charge is 2.51. The number of amides is 2. The van der Waals surface area contributed by atoms with Crippen molar-refractivity contribution in [2.45, 2.75) is 70.4 Å². The number of hydrogen-bond donors (Lipinski definition) is 4. The molecule has 0 aliphatic carbocycles. The van der Waals surface area contributed by atoms with Crippen LogP contribution in [0.2, 0.25) is 0 Å². The molecule has 5 rings (SSSR count). The summed E-state index contributed by atoms with van der Waals surface area (Å²) in [6.07, 6.45) is 3.53. The molecule has 1 aromatic heterocycles. The molecule has 2 saturated heterocycles. The van der Waals surface area contributed by atoms with Gasteiger partial charge < -0.3 is 20.4 Å². The fraction of sp³-hybridized carbons (Fsp3) is 0.682. The lowest BCUT2D eigenvalue weighted by Crippen LogP contribution is -2.61. The molecule has 180 valence electrons. The maximum atomic E-state index is 15.0. The molecule has 1 aromatic rings. The highest BCUT2D eigenvalue weighted by molar-refractivity contribution is 5.83. The van der Waals surface area contributed by atoms with Gasteiger partial charge >= 0.3 is 6.03 Å². The molecular weight excluding hydrogens is 425 g/mol. The number of nitrogens with zero attached hydrogens (tertiary/aromatic N) is 5. The van der Waals surface area contributed by atoms with E-state index in [9.17, 15) is 4.79 Å². The number of aliphatic imine (C=N–C) groups is 1. The monoisotopic (exact) mass is 459 g/mol. The van der Waals surface area contributed by atoms with E-state index in [0.29, 0.717) is 30.8 Å². The Bertz CT molecular complexity index is 1020. The van der Waals surface area contributed by atoms with Crippen molar-refractivity contribution in [3.63, 3.8) is 0 Å². The Kier molecular flexibility index (Phi) is 5.16. The van der Waals surface area contributed by atoms with Crippen LogP contribution in [0.25, 0.3) is 0 Å². The summed E-state index contributed by atoms with van der Waals surface area (Å²) in [5.41, 5.74) is 6.09. The molecule has 10 nitrogen and oxygen atoms in total. The summed E-state index contributed by atoms with van der Waals surface area (Å²) in [6.45, 7) is 11.6. The highest BCUT2D eigenvalue weighted by atomic mass is 19.1. The number of guanidine groups is 1. The molecule has 2 fully saturated rings. The fourth-order valence-corrected chi connectivity index (χ4v) is 5.70. The van der Waals surface area contributed by atoms with Crippen molar-refractivity contribution < 1.29 is 9.18 Å². The van der Waals surface area contributed by atoms with Crippen molar-refractivity contribution in [2.24, 2.45) is 10.7 Å². The largest absolute Gasteiger partial charge is 0.330 e. The first kappa shape index (κ1) is 22.1. The lowest BCUT2D eigenvalue weighted by atomic mass is 9.96. The van der Waals surface area contributed by atoms with Crippen LogP contribution in [0.5, 0.6) is 0 Å². The smallest absolute Gasteiger partial charge is 0.321 e. The molecule has 0 bridgehead atoms. The maximum Gasteiger partial charge on any atom is 0.321 e. The predicted molar refractivity (Wildman–Crippen MR) is 123 cm³/mol. The number of aromatic amines is 1. The minimum Gasteiger partial charge on any atom is -0.330 e. The quantitative estimate of drug-likeness (QED) is 0.529. The van der Waals surface area contributed by atoms with Crippen LogP contribution in [0.4, 0.5) is 9.18 Å². The summed E-state index contributed by atoms with van der Waals surface area (Å²) in [5, 5.41) is 13.2. The first-order valence-corrected chi connectivity index (χ1v) is 11.8. The minimum atomic E-state index is -1.67. The number of nitrogens with one attached hydrogen (secondary N) is 3. The van der Waals surface area contributed by atoms with Crippen LogP contribution >= 0.6 is 0 Å². The number of urea groups is 1. The number of H-pyrrole nitrogens is 1. The zero-order valence-electron chi connectivity index (χ0n) is 19.8. The molecule has 0 saturated carbocycles. The molecular formula is C22H34FN9O. The van der Waals surface area contributed by atoms with Gasteiger partial charge in [-0.15, -0.1) is 0 Å². The van der Waals surface area contributed by atoms with E-state index >= 15 is 4.39 Å². The minimum absolute atomic E-state index is 0.00295. The predicted octanol–water partition coefficient (Wildman–Crippen LogP) is 1.24. The zero-order chi connectivity index (χ0) is 23.5. The van der Waals surface area contributed by atoms with Crippen LogP contribution in [0.1, 0.15) is 57.5 Å². The van der Waals surface area contributed by atoms with E-state index in [1.54, 1.807) is 0 Å². The summed E-state index contributed by atoms with van der Waals surface area (Å²) >= 11 is 0. The van der Waals surface area contributed by atoms with Crippen molar-refractivity contribution in [2.75, 3.05) is 26.2 Å². The lowest BCUT2D eigenvalue weighted by Gasteiger charge is -2.45. The van der Waals surface area contributed by atoms with Gasteiger partial charge in [0.15, 0.2) is 17.4 Å². The number of aromatic nitrogens is 2. The van der Waals surface area contributed by atoms with Gasteiger partial charge in [-0.1, -0.05) is 0 Å². The van der Waals surface area contributed by atoms with Crippen molar-refractivity contribution in [1.29, 1.82) is 0 Å².